The van der Waals surface area contributed by atoms with E-state index in [4.69, 9.17) is 28.1 Å². The molecule has 10 nitrogen and oxygen atoms in total. The van der Waals surface area contributed by atoms with Crippen molar-refractivity contribution < 1.29 is 5.11 Å². The van der Waals surface area contributed by atoms with Crippen LogP contribution >= 0.6 is 23.4 Å². The number of aryl methyl sites for hydroxylation is 1. The number of nitrogens with two attached hydrogens (primary N) is 2. The first-order valence-electron chi connectivity index (χ1n) is 9.30. The second kappa shape index (κ2) is 7.11. The Kier molecular flexibility index (Phi) is 4.53. The number of nitrogens with zero attached hydrogens (tertiary/aromatic N) is 6. The van der Waals surface area contributed by atoms with E-state index in [0.717, 1.165) is 22.4 Å². The summed E-state index contributed by atoms with van der Waals surface area (Å²) < 4.78 is 0. The number of fused-ring (bicyclic) bond motifs is 2. The fraction of sp³-hybridized carbons (Fsp3) is 0.278. The molecule has 0 saturated carbocycles. The van der Waals surface area contributed by atoms with Crippen molar-refractivity contribution in [1.82, 2.24) is 29.9 Å². The minimum Gasteiger partial charge on any atom is -0.389 e. The molecule has 12 heteroatoms. The Labute approximate surface area is 180 Å². The Morgan fingerprint density at radius 3 is 2.80 bits per heavy atom. The smallest absolute Gasteiger partial charge is 0.222 e. The highest BCUT2D eigenvalue weighted by atomic mass is 35.5. The second-order valence-electron chi connectivity index (χ2n) is 6.99. The zero-order chi connectivity index (χ0) is 21.0. The van der Waals surface area contributed by atoms with Crippen molar-refractivity contribution >= 4 is 63.0 Å². The minimum absolute atomic E-state index is 0.0911. The third kappa shape index (κ3) is 3.15. The molecule has 1 aliphatic rings. The molecular weight excluding hydrogens is 426 g/mol. The van der Waals surface area contributed by atoms with Gasteiger partial charge in [0.15, 0.2) is 11.0 Å². The molecule has 30 heavy (non-hydrogen) atoms. The Morgan fingerprint density at radius 2 is 2.07 bits per heavy atom. The summed E-state index contributed by atoms with van der Waals surface area (Å²) in [4.78, 5) is 27.9. The number of halogens is 1. The van der Waals surface area contributed by atoms with Crippen LogP contribution in [0.25, 0.3) is 22.1 Å². The van der Waals surface area contributed by atoms with E-state index >= 15 is 0 Å². The van der Waals surface area contributed by atoms with Crippen LogP contribution in [0, 0.1) is 0 Å². The normalized spacial score (nSPS) is 14.6. The standard InChI is InChI=1S/C18H18ClN9OS/c1-2-9-12(19)11-15(23-9)26-18(27-16(11)28-5-7(29)6-28)30-8-3-10-13(22-4-8)14(20)25-17(21)24-10/h3-4,7,29H,2,5-6H2,1H3,(H,23,26,27)(H4,20,21,24,25). The molecule has 0 atom stereocenters. The number of β-amino-alcohol motifs (C(OH)–C–C–N with tert-alkyl or cyclic N) is 1. The summed E-state index contributed by atoms with van der Waals surface area (Å²) in [6.45, 7) is 3.03. The van der Waals surface area contributed by atoms with Crippen molar-refractivity contribution in [2.75, 3.05) is 29.5 Å². The van der Waals surface area contributed by atoms with Gasteiger partial charge in [-0.25, -0.2) is 19.9 Å². The first-order valence-corrected chi connectivity index (χ1v) is 10.5. The van der Waals surface area contributed by atoms with E-state index in [9.17, 15) is 5.11 Å². The largest absolute Gasteiger partial charge is 0.389 e. The van der Waals surface area contributed by atoms with Gasteiger partial charge in [-0.15, -0.1) is 0 Å². The van der Waals surface area contributed by atoms with Gasteiger partial charge in [-0.3, -0.25) is 0 Å². The van der Waals surface area contributed by atoms with Crippen molar-refractivity contribution in [2.24, 2.45) is 0 Å². The van der Waals surface area contributed by atoms with Gasteiger partial charge >= 0.3 is 0 Å². The summed E-state index contributed by atoms with van der Waals surface area (Å²) in [6, 6.07) is 1.82. The van der Waals surface area contributed by atoms with Gasteiger partial charge in [-0.1, -0.05) is 18.5 Å². The Bertz CT molecular complexity index is 1290. The van der Waals surface area contributed by atoms with Crippen LogP contribution in [0.1, 0.15) is 12.6 Å². The van der Waals surface area contributed by atoms with Gasteiger partial charge in [-0.05, 0) is 24.2 Å². The first-order chi connectivity index (χ1) is 14.4. The molecule has 4 aromatic heterocycles. The molecule has 5 heterocycles. The van der Waals surface area contributed by atoms with Crippen molar-refractivity contribution in [3.8, 4) is 0 Å². The van der Waals surface area contributed by atoms with E-state index < -0.39 is 0 Å². The summed E-state index contributed by atoms with van der Waals surface area (Å²) in [5, 5.41) is 11.7. The maximum atomic E-state index is 9.75. The summed E-state index contributed by atoms with van der Waals surface area (Å²) >= 11 is 7.92. The third-order valence-electron chi connectivity index (χ3n) is 4.90. The number of hydrogen-bond acceptors (Lipinski definition) is 10. The Hall–Kier alpha value is -2.89. The molecule has 4 aromatic rings. The van der Waals surface area contributed by atoms with Crippen LogP contribution in [0.2, 0.25) is 5.02 Å². The van der Waals surface area contributed by atoms with E-state index in [1.165, 1.54) is 11.8 Å². The number of H-pyrrole nitrogens is 1. The monoisotopic (exact) mass is 443 g/mol. The maximum absolute atomic E-state index is 9.75. The molecule has 0 amide bonds. The molecule has 1 saturated heterocycles. The van der Waals surface area contributed by atoms with Gasteiger partial charge in [0.25, 0.3) is 0 Å². The van der Waals surface area contributed by atoms with Crippen LogP contribution in [0.15, 0.2) is 22.3 Å². The number of aliphatic hydroxyl groups excluding tert-OH is 1. The highest BCUT2D eigenvalue weighted by Gasteiger charge is 2.30. The highest BCUT2D eigenvalue weighted by Crippen LogP contribution is 2.38. The van der Waals surface area contributed by atoms with Gasteiger partial charge in [0.2, 0.25) is 5.95 Å². The van der Waals surface area contributed by atoms with Crippen LogP contribution in [0.5, 0.6) is 0 Å². The fourth-order valence-corrected chi connectivity index (χ4v) is 4.53. The fourth-order valence-electron chi connectivity index (χ4n) is 3.42. The number of aromatic amines is 1. The first kappa shape index (κ1) is 19.1. The molecule has 1 aliphatic heterocycles. The Balaban J connectivity index is 1.58. The lowest BCUT2D eigenvalue weighted by Crippen LogP contribution is -2.51. The van der Waals surface area contributed by atoms with Gasteiger partial charge in [-0.2, -0.15) is 4.98 Å². The van der Waals surface area contributed by atoms with Crippen molar-refractivity contribution in [3.63, 3.8) is 0 Å². The van der Waals surface area contributed by atoms with Gasteiger partial charge in [0.1, 0.15) is 17.0 Å². The number of aliphatic hydroxyl groups is 1. The predicted octanol–water partition coefficient (Wildman–Crippen LogP) is 2.01. The van der Waals surface area contributed by atoms with Crippen LogP contribution in [-0.4, -0.2) is 54.2 Å². The lowest BCUT2D eigenvalue weighted by atomic mass is 10.1. The van der Waals surface area contributed by atoms with Crippen LogP contribution < -0.4 is 16.4 Å². The molecule has 154 valence electrons. The number of hydrogen-bond donors (Lipinski definition) is 4. The second-order valence-corrected chi connectivity index (χ2v) is 8.41. The SMILES string of the molecule is CCc1[nH]c2nc(Sc3cnc4c(N)nc(N)nc4c3)nc(N3CC(O)C3)c2c1Cl. The molecule has 0 aromatic carbocycles. The Morgan fingerprint density at radius 1 is 1.27 bits per heavy atom. The number of pyridine rings is 1. The maximum Gasteiger partial charge on any atom is 0.222 e. The molecule has 0 aliphatic carbocycles. The number of nitrogen functional groups attached to an aromatic ring is 2. The molecule has 0 spiro atoms. The van der Waals surface area contributed by atoms with E-state index in [2.05, 4.69) is 24.9 Å². The van der Waals surface area contributed by atoms with Crippen molar-refractivity contribution in [2.45, 2.75) is 29.5 Å². The van der Waals surface area contributed by atoms with Gasteiger partial charge in [0, 0.05) is 29.9 Å². The number of anilines is 3. The summed E-state index contributed by atoms with van der Waals surface area (Å²) in [5.41, 5.74) is 14.2. The van der Waals surface area contributed by atoms with E-state index in [1.807, 2.05) is 17.9 Å². The molecule has 6 N–H and O–H groups in total. The summed E-state index contributed by atoms with van der Waals surface area (Å²) in [7, 11) is 0. The summed E-state index contributed by atoms with van der Waals surface area (Å²) in [5.74, 6) is 1.03. The van der Waals surface area contributed by atoms with Crippen molar-refractivity contribution in [1.29, 1.82) is 0 Å². The lowest BCUT2D eigenvalue weighted by Gasteiger charge is -2.37. The zero-order valence-electron chi connectivity index (χ0n) is 15.9. The average molecular weight is 444 g/mol. The molecule has 5 rings (SSSR count). The zero-order valence-corrected chi connectivity index (χ0v) is 17.5. The van der Waals surface area contributed by atoms with E-state index in [0.29, 0.717) is 45.8 Å². The molecular formula is C18H18ClN9OS. The molecule has 0 unspecified atom stereocenters. The summed E-state index contributed by atoms with van der Waals surface area (Å²) in [6.07, 6.45) is 2.05. The predicted molar refractivity (Wildman–Crippen MR) is 117 cm³/mol. The number of nitrogens with one attached hydrogen (secondary N) is 1. The third-order valence-corrected chi connectivity index (χ3v) is 6.14. The molecule has 0 radical (unpaired) electrons. The topological polar surface area (TPSA) is 156 Å². The van der Waals surface area contributed by atoms with E-state index in [1.54, 1.807) is 6.20 Å². The molecule has 0 bridgehead atoms. The molecule has 1 fully saturated rings. The van der Waals surface area contributed by atoms with Crippen LogP contribution in [-0.2, 0) is 6.42 Å². The quantitative estimate of drug-likeness (QED) is 0.344. The van der Waals surface area contributed by atoms with Gasteiger partial charge in [0.05, 0.1) is 22.0 Å². The highest BCUT2D eigenvalue weighted by molar-refractivity contribution is 7.99. The van der Waals surface area contributed by atoms with Gasteiger partial charge < -0.3 is 26.5 Å². The van der Waals surface area contributed by atoms with E-state index in [-0.39, 0.29) is 17.9 Å². The number of rotatable bonds is 4. The van der Waals surface area contributed by atoms with Crippen molar-refractivity contribution in [3.05, 3.63) is 23.0 Å². The lowest BCUT2D eigenvalue weighted by molar-refractivity contribution is 0.141. The number of aromatic nitrogens is 6. The average Bonchev–Trinajstić information content (AvgIpc) is 3.00. The minimum atomic E-state index is -0.366. The van der Waals surface area contributed by atoms with Crippen LogP contribution in [0.4, 0.5) is 17.6 Å². The van der Waals surface area contributed by atoms with Crippen LogP contribution in [0.3, 0.4) is 0 Å².